The molecule has 1 rings (SSSR count). The van der Waals surface area contributed by atoms with E-state index in [1.165, 1.54) is 7.11 Å². The van der Waals surface area contributed by atoms with E-state index in [9.17, 15) is 9.59 Å². The minimum atomic E-state index is -0.785. The lowest BCUT2D eigenvalue weighted by molar-refractivity contribution is -0.146. The van der Waals surface area contributed by atoms with E-state index < -0.39 is 18.1 Å². The smallest absolute Gasteiger partial charge is 0.329 e. The van der Waals surface area contributed by atoms with Crippen molar-refractivity contribution in [2.75, 3.05) is 13.7 Å². The SMILES string of the molecule is C#CC[C@@H](NC(=O)[C@H]1CCCO1)C(=O)OC. The molecule has 2 atom stereocenters. The minimum Gasteiger partial charge on any atom is -0.467 e. The molecule has 0 spiro atoms. The highest BCUT2D eigenvalue weighted by Crippen LogP contribution is 2.12. The molecule has 16 heavy (non-hydrogen) atoms. The second-order valence-electron chi connectivity index (χ2n) is 3.49. The van der Waals surface area contributed by atoms with Gasteiger partial charge in [0.1, 0.15) is 12.1 Å². The average Bonchev–Trinajstić information content (AvgIpc) is 2.80. The van der Waals surface area contributed by atoms with Gasteiger partial charge in [0.25, 0.3) is 0 Å². The van der Waals surface area contributed by atoms with E-state index in [1.54, 1.807) is 0 Å². The zero-order valence-corrected chi connectivity index (χ0v) is 9.19. The first-order valence-corrected chi connectivity index (χ1v) is 5.12. The van der Waals surface area contributed by atoms with Crippen LogP contribution in [0.15, 0.2) is 0 Å². The number of carbonyl (C=O) groups is 2. The number of ether oxygens (including phenoxy) is 2. The Labute approximate surface area is 94.5 Å². The second-order valence-corrected chi connectivity index (χ2v) is 3.49. The summed E-state index contributed by atoms with van der Waals surface area (Å²) in [5.74, 6) is 1.48. The largest absolute Gasteiger partial charge is 0.467 e. The normalized spacial score (nSPS) is 20.9. The maximum Gasteiger partial charge on any atom is 0.329 e. The molecule has 0 unspecified atom stereocenters. The molecule has 5 heteroatoms. The first-order chi connectivity index (χ1) is 7.69. The predicted molar refractivity (Wildman–Crippen MR) is 56.4 cm³/mol. The van der Waals surface area contributed by atoms with E-state index in [-0.39, 0.29) is 12.3 Å². The van der Waals surface area contributed by atoms with Gasteiger partial charge < -0.3 is 14.8 Å². The number of terminal acetylenes is 1. The third kappa shape index (κ3) is 3.24. The molecule has 0 aliphatic carbocycles. The first kappa shape index (κ1) is 12.5. The third-order valence-corrected chi connectivity index (χ3v) is 2.35. The number of hydrogen-bond donors (Lipinski definition) is 1. The van der Waals surface area contributed by atoms with Gasteiger partial charge in [0.15, 0.2) is 0 Å². The summed E-state index contributed by atoms with van der Waals surface area (Å²) in [5.41, 5.74) is 0. The lowest BCUT2D eigenvalue weighted by Gasteiger charge is -2.16. The number of nitrogens with one attached hydrogen (secondary N) is 1. The van der Waals surface area contributed by atoms with Gasteiger partial charge in [-0.25, -0.2) is 4.79 Å². The highest BCUT2D eigenvalue weighted by atomic mass is 16.5. The Balaban J connectivity index is 2.50. The molecule has 0 aromatic carbocycles. The third-order valence-electron chi connectivity index (χ3n) is 2.35. The van der Waals surface area contributed by atoms with Crippen molar-refractivity contribution in [2.24, 2.45) is 0 Å². The van der Waals surface area contributed by atoms with Gasteiger partial charge in [-0.05, 0) is 12.8 Å². The monoisotopic (exact) mass is 225 g/mol. The Hall–Kier alpha value is -1.54. The Morgan fingerprint density at radius 2 is 2.44 bits per heavy atom. The van der Waals surface area contributed by atoms with Gasteiger partial charge in [0, 0.05) is 13.0 Å². The summed E-state index contributed by atoms with van der Waals surface area (Å²) in [6, 6.07) is -0.785. The molecule has 0 bridgehead atoms. The van der Waals surface area contributed by atoms with Crippen LogP contribution in [0.5, 0.6) is 0 Å². The molecule has 1 N–H and O–H groups in total. The van der Waals surface area contributed by atoms with E-state index in [4.69, 9.17) is 11.2 Å². The van der Waals surface area contributed by atoms with Crippen molar-refractivity contribution in [1.29, 1.82) is 0 Å². The van der Waals surface area contributed by atoms with Crippen LogP contribution in [0.2, 0.25) is 0 Å². The molecule has 88 valence electrons. The van der Waals surface area contributed by atoms with Crippen LogP contribution in [0.3, 0.4) is 0 Å². The van der Waals surface area contributed by atoms with Crippen molar-refractivity contribution in [2.45, 2.75) is 31.4 Å². The quantitative estimate of drug-likeness (QED) is 0.533. The van der Waals surface area contributed by atoms with Gasteiger partial charge in [-0.15, -0.1) is 12.3 Å². The summed E-state index contributed by atoms with van der Waals surface area (Å²) >= 11 is 0. The van der Waals surface area contributed by atoms with E-state index >= 15 is 0 Å². The Morgan fingerprint density at radius 3 is 2.94 bits per heavy atom. The predicted octanol–water partition coefficient (Wildman–Crippen LogP) is -0.154. The fraction of sp³-hybridized carbons (Fsp3) is 0.636. The summed E-state index contributed by atoms with van der Waals surface area (Å²) < 4.78 is 9.73. The van der Waals surface area contributed by atoms with E-state index in [0.29, 0.717) is 13.0 Å². The molecule has 1 saturated heterocycles. The summed E-state index contributed by atoms with van der Waals surface area (Å²) in [7, 11) is 1.25. The molecule has 1 aliphatic heterocycles. The van der Waals surface area contributed by atoms with E-state index in [0.717, 1.165) is 6.42 Å². The summed E-state index contributed by atoms with van der Waals surface area (Å²) in [6.45, 7) is 0.579. The molecule has 1 amide bonds. The number of hydrogen-bond acceptors (Lipinski definition) is 4. The lowest BCUT2D eigenvalue weighted by Crippen LogP contribution is -2.45. The van der Waals surface area contributed by atoms with Crippen molar-refractivity contribution < 1.29 is 19.1 Å². The minimum absolute atomic E-state index is 0.116. The summed E-state index contributed by atoms with van der Waals surface area (Å²) in [4.78, 5) is 22.9. The molecule has 0 radical (unpaired) electrons. The van der Waals surface area contributed by atoms with Crippen LogP contribution < -0.4 is 5.32 Å². The topological polar surface area (TPSA) is 64.6 Å². The second kappa shape index (κ2) is 6.13. The molecule has 1 fully saturated rings. The van der Waals surface area contributed by atoms with Crippen molar-refractivity contribution >= 4 is 11.9 Å². The van der Waals surface area contributed by atoms with Gasteiger partial charge in [-0.1, -0.05) is 0 Å². The first-order valence-electron chi connectivity index (χ1n) is 5.12. The van der Waals surface area contributed by atoms with Crippen LogP contribution in [0, 0.1) is 12.3 Å². The van der Waals surface area contributed by atoms with Crippen LogP contribution in [-0.2, 0) is 19.1 Å². The number of rotatable bonds is 4. The van der Waals surface area contributed by atoms with Crippen LogP contribution in [0.1, 0.15) is 19.3 Å². The Morgan fingerprint density at radius 1 is 1.69 bits per heavy atom. The molecule has 1 heterocycles. The fourth-order valence-electron chi connectivity index (χ4n) is 1.50. The van der Waals surface area contributed by atoms with Gasteiger partial charge in [-0.3, -0.25) is 4.79 Å². The zero-order valence-electron chi connectivity index (χ0n) is 9.19. The van der Waals surface area contributed by atoms with Crippen LogP contribution in [0.4, 0.5) is 0 Å². The standard InChI is InChI=1S/C11H15NO4/c1-3-5-8(11(14)15-2)12-10(13)9-6-4-7-16-9/h1,8-9H,4-7H2,2H3,(H,12,13)/t8-,9-/m1/s1. The van der Waals surface area contributed by atoms with Crippen molar-refractivity contribution in [3.05, 3.63) is 0 Å². The number of esters is 1. The molecule has 0 aromatic heterocycles. The van der Waals surface area contributed by atoms with Crippen LogP contribution >= 0.6 is 0 Å². The molecule has 5 nitrogen and oxygen atoms in total. The lowest BCUT2D eigenvalue weighted by atomic mass is 10.2. The maximum atomic E-state index is 11.6. The maximum absolute atomic E-state index is 11.6. The fourth-order valence-corrected chi connectivity index (χ4v) is 1.50. The Bertz CT molecular complexity index is 302. The molecule has 1 aliphatic rings. The van der Waals surface area contributed by atoms with Crippen LogP contribution in [-0.4, -0.2) is 37.7 Å². The van der Waals surface area contributed by atoms with Gasteiger partial charge in [-0.2, -0.15) is 0 Å². The van der Waals surface area contributed by atoms with Gasteiger partial charge in [0.05, 0.1) is 7.11 Å². The van der Waals surface area contributed by atoms with E-state index in [1.807, 2.05) is 0 Å². The number of methoxy groups -OCH3 is 1. The Kier molecular flexibility index (Phi) is 4.80. The van der Waals surface area contributed by atoms with E-state index in [2.05, 4.69) is 16.0 Å². The summed E-state index contributed by atoms with van der Waals surface area (Å²) in [6.07, 6.45) is 6.29. The number of carbonyl (C=O) groups excluding carboxylic acids is 2. The molecular formula is C11H15NO4. The van der Waals surface area contributed by atoms with Gasteiger partial charge >= 0.3 is 5.97 Å². The highest BCUT2D eigenvalue weighted by Gasteiger charge is 2.28. The highest BCUT2D eigenvalue weighted by molar-refractivity contribution is 5.87. The van der Waals surface area contributed by atoms with Crippen molar-refractivity contribution in [1.82, 2.24) is 5.32 Å². The van der Waals surface area contributed by atoms with Crippen LogP contribution in [0.25, 0.3) is 0 Å². The molecule has 0 aromatic rings. The summed E-state index contributed by atoms with van der Waals surface area (Å²) in [5, 5.41) is 2.53. The van der Waals surface area contributed by atoms with Gasteiger partial charge in [0.2, 0.25) is 5.91 Å². The van der Waals surface area contributed by atoms with Crippen molar-refractivity contribution in [3.8, 4) is 12.3 Å². The molecular weight excluding hydrogens is 210 g/mol. The molecule has 0 saturated carbocycles. The average molecular weight is 225 g/mol. The number of amides is 1. The van der Waals surface area contributed by atoms with Crippen molar-refractivity contribution in [3.63, 3.8) is 0 Å². The zero-order chi connectivity index (χ0) is 12.0.